The highest BCUT2D eigenvalue weighted by molar-refractivity contribution is 6.43. The molecule has 2 nitrogen and oxygen atoms in total. The van der Waals surface area contributed by atoms with Gasteiger partial charge in [-0.25, -0.2) is 0 Å². The van der Waals surface area contributed by atoms with E-state index in [0.29, 0.717) is 0 Å². The third-order valence-electron chi connectivity index (χ3n) is 2.35. The van der Waals surface area contributed by atoms with Crippen LogP contribution in [0.3, 0.4) is 0 Å². The van der Waals surface area contributed by atoms with Crippen molar-refractivity contribution in [1.82, 2.24) is 0 Å². The van der Waals surface area contributed by atoms with Gasteiger partial charge in [0.1, 0.15) is 0 Å². The molecule has 15 heavy (non-hydrogen) atoms. The number of rotatable bonds is 5. The van der Waals surface area contributed by atoms with Crippen molar-refractivity contribution in [3.63, 3.8) is 0 Å². The molecule has 0 radical (unpaired) electrons. The summed E-state index contributed by atoms with van der Waals surface area (Å²) < 4.78 is 10.6. The van der Waals surface area contributed by atoms with Crippen molar-refractivity contribution in [3.8, 4) is 0 Å². The Hall–Kier alpha value is -0.903. The van der Waals surface area contributed by atoms with Gasteiger partial charge in [-0.15, -0.1) is 0 Å². The average Bonchev–Trinajstić information content (AvgIpc) is 2.26. The van der Waals surface area contributed by atoms with Crippen LogP contribution in [0.25, 0.3) is 5.57 Å². The molecule has 0 saturated heterocycles. The zero-order chi connectivity index (χ0) is 11.3. The fraction of sp³-hybridized carbons (Fsp3) is 0.333. The summed E-state index contributed by atoms with van der Waals surface area (Å²) in [4.78, 5) is 0. The van der Waals surface area contributed by atoms with Crippen molar-refractivity contribution in [3.05, 3.63) is 42.0 Å². The van der Waals surface area contributed by atoms with Gasteiger partial charge in [0.05, 0.1) is 0 Å². The zero-order valence-electron chi connectivity index (χ0n) is 9.62. The highest BCUT2D eigenvalue weighted by Gasteiger charge is 2.10. The maximum absolute atomic E-state index is 5.30. The van der Waals surface area contributed by atoms with E-state index in [1.165, 1.54) is 11.1 Å². The van der Waals surface area contributed by atoms with Crippen LogP contribution in [0.15, 0.2) is 30.8 Å². The molecule has 0 aromatic heterocycles. The lowest BCUT2D eigenvalue weighted by atomic mass is 10.1. The molecule has 1 rings (SSSR count). The van der Waals surface area contributed by atoms with E-state index < -0.39 is 9.28 Å². The van der Waals surface area contributed by atoms with Crippen molar-refractivity contribution in [2.24, 2.45) is 0 Å². The van der Waals surface area contributed by atoms with Crippen molar-refractivity contribution in [2.75, 3.05) is 14.2 Å². The molecule has 0 amide bonds. The van der Waals surface area contributed by atoms with Crippen LogP contribution in [0.4, 0.5) is 0 Å². The Balaban J connectivity index is 2.77. The van der Waals surface area contributed by atoms with Crippen LogP contribution in [0.5, 0.6) is 0 Å². The van der Waals surface area contributed by atoms with Crippen LogP contribution in [-0.2, 0) is 14.9 Å². The lowest BCUT2D eigenvalue weighted by Gasteiger charge is -2.11. The Morgan fingerprint density at radius 3 is 2.53 bits per heavy atom. The highest BCUT2D eigenvalue weighted by Crippen LogP contribution is 2.14. The first-order chi connectivity index (χ1) is 7.17. The van der Waals surface area contributed by atoms with Crippen LogP contribution in [0.1, 0.15) is 18.1 Å². The van der Waals surface area contributed by atoms with E-state index in [1.54, 1.807) is 14.2 Å². The highest BCUT2D eigenvalue weighted by atomic mass is 28.3. The third-order valence-corrected chi connectivity index (χ3v) is 4.20. The van der Waals surface area contributed by atoms with Gasteiger partial charge in [-0.1, -0.05) is 36.4 Å². The molecule has 3 heteroatoms. The third kappa shape index (κ3) is 3.62. The van der Waals surface area contributed by atoms with E-state index in [0.717, 1.165) is 11.6 Å². The molecule has 0 N–H and O–H groups in total. The number of allylic oxidation sites excluding steroid dienone is 1. The molecule has 0 aliphatic rings. The fourth-order valence-corrected chi connectivity index (χ4v) is 2.58. The molecule has 0 spiro atoms. The number of benzene rings is 1. The molecule has 0 saturated carbocycles. The molecule has 0 bridgehead atoms. The average molecular weight is 222 g/mol. The predicted octanol–water partition coefficient (Wildman–Crippen LogP) is 2.31. The smallest absolute Gasteiger partial charge is 0.325 e. The summed E-state index contributed by atoms with van der Waals surface area (Å²) in [6, 6.07) is 9.27. The Labute approximate surface area is 93.4 Å². The molecule has 0 heterocycles. The summed E-state index contributed by atoms with van der Waals surface area (Å²) in [5, 5.41) is 0. The summed E-state index contributed by atoms with van der Waals surface area (Å²) in [5.74, 6) is 0. The van der Waals surface area contributed by atoms with Gasteiger partial charge < -0.3 is 8.85 Å². The maximum Gasteiger partial charge on any atom is 0.325 e. The van der Waals surface area contributed by atoms with Gasteiger partial charge in [0.15, 0.2) is 0 Å². The summed E-state index contributed by atoms with van der Waals surface area (Å²) >= 11 is 0. The topological polar surface area (TPSA) is 18.5 Å². The number of hydrogen-bond acceptors (Lipinski definition) is 2. The molecule has 0 unspecified atom stereocenters. The SMILES string of the molecule is C=C(C)c1cccc(C[SiH](OC)OC)c1. The van der Waals surface area contributed by atoms with E-state index in [9.17, 15) is 0 Å². The van der Waals surface area contributed by atoms with E-state index in [-0.39, 0.29) is 0 Å². The van der Waals surface area contributed by atoms with E-state index in [4.69, 9.17) is 8.85 Å². The van der Waals surface area contributed by atoms with Crippen molar-refractivity contribution < 1.29 is 8.85 Å². The lowest BCUT2D eigenvalue weighted by Crippen LogP contribution is -2.22. The lowest BCUT2D eigenvalue weighted by molar-refractivity contribution is 0.277. The second-order valence-electron chi connectivity index (χ2n) is 3.59. The first kappa shape index (κ1) is 12.2. The van der Waals surface area contributed by atoms with Crippen LogP contribution < -0.4 is 0 Å². The van der Waals surface area contributed by atoms with E-state index in [1.807, 2.05) is 6.92 Å². The van der Waals surface area contributed by atoms with Gasteiger partial charge in [0, 0.05) is 20.3 Å². The summed E-state index contributed by atoms with van der Waals surface area (Å²) in [6.07, 6.45) is 0. The molecule has 0 aliphatic heterocycles. The predicted molar refractivity (Wildman–Crippen MR) is 66.0 cm³/mol. The van der Waals surface area contributed by atoms with Crippen LogP contribution >= 0.6 is 0 Å². The van der Waals surface area contributed by atoms with Crippen molar-refractivity contribution >= 4 is 14.9 Å². The van der Waals surface area contributed by atoms with Gasteiger partial charge in [-0.3, -0.25) is 0 Å². The minimum atomic E-state index is -1.50. The monoisotopic (exact) mass is 222 g/mol. The van der Waals surface area contributed by atoms with E-state index in [2.05, 4.69) is 30.8 Å². The minimum absolute atomic E-state index is 0.897. The van der Waals surface area contributed by atoms with Crippen LogP contribution in [0.2, 0.25) is 0 Å². The Morgan fingerprint density at radius 1 is 1.33 bits per heavy atom. The standard InChI is InChI=1S/C12H18O2Si/c1-10(2)12-7-5-6-11(8-12)9-15(13-3)14-4/h5-8,15H,1,9H2,2-4H3. The molecule has 0 atom stereocenters. The fourth-order valence-electron chi connectivity index (χ4n) is 1.42. The molecule has 0 fully saturated rings. The van der Waals surface area contributed by atoms with Gasteiger partial charge in [-0.2, -0.15) is 0 Å². The van der Waals surface area contributed by atoms with Crippen molar-refractivity contribution in [1.29, 1.82) is 0 Å². The molecule has 82 valence electrons. The Bertz CT molecular complexity index is 332. The largest absolute Gasteiger partial charge is 0.400 e. The summed E-state index contributed by atoms with van der Waals surface area (Å²) in [5.41, 5.74) is 3.54. The quantitative estimate of drug-likeness (QED) is 0.712. The minimum Gasteiger partial charge on any atom is -0.400 e. The van der Waals surface area contributed by atoms with E-state index >= 15 is 0 Å². The molecule has 1 aromatic carbocycles. The van der Waals surface area contributed by atoms with Crippen molar-refractivity contribution in [2.45, 2.75) is 13.0 Å². The van der Waals surface area contributed by atoms with Gasteiger partial charge >= 0.3 is 9.28 Å². The van der Waals surface area contributed by atoms with Crippen LogP contribution in [0, 0.1) is 0 Å². The Morgan fingerprint density at radius 2 is 2.00 bits per heavy atom. The first-order valence-corrected chi connectivity index (χ1v) is 6.73. The molecular weight excluding hydrogens is 204 g/mol. The van der Waals surface area contributed by atoms with Gasteiger partial charge in [0.2, 0.25) is 0 Å². The normalized spacial score (nSPS) is 10.7. The molecular formula is C12H18O2Si. The first-order valence-electron chi connectivity index (χ1n) is 4.97. The van der Waals surface area contributed by atoms with Crippen LogP contribution in [-0.4, -0.2) is 23.5 Å². The second kappa shape index (κ2) is 5.85. The molecule has 1 aromatic rings. The summed E-state index contributed by atoms with van der Waals surface area (Å²) in [6.45, 7) is 5.95. The Kier molecular flexibility index (Phi) is 4.75. The number of hydrogen-bond donors (Lipinski definition) is 0. The van der Waals surface area contributed by atoms with Gasteiger partial charge in [-0.05, 0) is 18.1 Å². The van der Waals surface area contributed by atoms with Gasteiger partial charge in [0.25, 0.3) is 0 Å². The maximum atomic E-state index is 5.30. The molecule has 0 aliphatic carbocycles. The summed E-state index contributed by atoms with van der Waals surface area (Å²) in [7, 11) is 1.92. The zero-order valence-corrected chi connectivity index (χ0v) is 10.8. The second-order valence-corrected chi connectivity index (χ2v) is 5.80.